The van der Waals surface area contributed by atoms with Gasteiger partial charge in [0.1, 0.15) is 0 Å². The Kier molecular flexibility index (Phi) is 3.14. The van der Waals surface area contributed by atoms with Crippen LogP contribution in [0.3, 0.4) is 0 Å². The molecular weight excluding hydrogens is 272 g/mol. The Hall–Kier alpha value is -2.00. The minimum atomic E-state index is 0.0648. The summed E-state index contributed by atoms with van der Waals surface area (Å²) in [5, 5.41) is 0.636. The zero-order chi connectivity index (χ0) is 14.3. The molecule has 3 rings (SSSR count). The van der Waals surface area contributed by atoms with Crippen LogP contribution in [0.4, 0.5) is 5.82 Å². The highest BCUT2D eigenvalue weighted by Gasteiger charge is 2.24. The topological polar surface area (TPSA) is 42.3 Å². The summed E-state index contributed by atoms with van der Waals surface area (Å²) in [7, 11) is 0. The number of hydrogen-bond donors (Lipinski definition) is 0. The Bertz CT molecular complexity index is 750. The van der Waals surface area contributed by atoms with Crippen molar-refractivity contribution in [3.05, 3.63) is 57.7 Å². The second-order valence-electron chi connectivity index (χ2n) is 4.95. The van der Waals surface area contributed by atoms with Crippen molar-refractivity contribution in [3.8, 4) is 0 Å². The number of aryl methyl sites for hydroxylation is 2. The molecule has 100 valence electrons. The van der Waals surface area contributed by atoms with Crippen LogP contribution in [0.1, 0.15) is 33.6 Å². The van der Waals surface area contributed by atoms with Gasteiger partial charge < -0.3 is 0 Å². The van der Waals surface area contributed by atoms with Crippen molar-refractivity contribution in [1.29, 1.82) is 0 Å². The van der Waals surface area contributed by atoms with Gasteiger partial charge in [-0.25, -0.2) is 9.98 Å². The molecule has 2 heterocycles. The van der Waals surface area contributed by atoms with E-state index < -0.39 is 0 Å². The summed E-state index contributed by atoms with van der Waals surface area (Å²) >= 11 is 6.00. The first-order chi connectivity index (χ1) is 9.54. The number of halogens is 1. The molecular formula is C16H13ClN2O. The SMILES string of the molecule is Cc1cc(C)c2c(n1)N=C(c1cccc(Cl)c1)CC2=O. The van der Waals surface area contributed by atoms with Crippen LogP contribution in [0, 0.1) is 13.8 Å². The van der Waals surface area contributed by atoms with Gasteiger partial charge in [-0.2, -0.15) is 0 Å². The van der Waals surface area contributed by atoms with E-state index in [0.29, 0.717) is 22.8 Å². The number of carbonyl (C=O) groups is 1. The molecule has 2 aromatic rings. The highest BCUT2D eigenvalue weighted by molar-refractivity contribution is 6.31. The summed E-state index contributed by atoms with van der Waals surface area (Å²) in [6, 6.07) is 9.30. The molecule has 4 heteroatoms. The van der Waals surface area contributed by atoms with Gasteiger partial charge in [-0.15, -0.1) is 0 Å². The Labute approximate surface area is 122 Å². The number of carbonyl (C=O) groups excluding carboxylic acids is 1. The van der Waals surface area contributed by atoms with Crippen LogP contribution < -0.4 is 0 Å². The van der Waals surface area contributed by atoms with Gasteiger partial charge in [0.15, 0.2) is 11.6 Å². The number of pyridine rings is 1. The van der Waals surface area contributed by atoms with E-state index in [1.165, 1.54) is 0 Å². The second-order valence-corrected chi connectivity index (χ2v) is 5.38. The maximum atomic E-state index is 12.3. The van der Waals surface area contributed by atoms with Crippen molar-refractivity contribution >= 4 is 28.9 Å². The lowest BCUT2D eigenvalue weighted by Gasteiger charge is -2.16. The van der Waals surface area contributed by atoms with Gasteiger partial charge in [0.05, 0.1) is 17.7 Å². The van der Waals surface area contributed by atoms with Crippen LogP contribution in [0.2, 0.25) is 5.02 Å². The van der Waals surface area contributed by atoms with Gasteiger partial charge >= 0.3 is 0 Å². The Balaban J connectivity index is 2.16. The normalized spacial score (nSPS) is 13.9. The number of fused-ring (bicyclic) bond motifs is 1. The Morgan fingerprint density at radius 1 is 1.20 bits per heavy atom. The largest absolute Gasteiger partial charge is 0.294 e. The van der Waals surface area contributed by atoms with E-state index >= 15 is 0 Å². The monoisotopic (exact) mass is 284 g/mol. The lowest BCUT2D eigenvalue weighted by atomic mass is 9.95. The number of Topliss-reactive ketones (excluding diaryl/α,β-unsaturated/α-hetero) is 1. The first kappa shape index (κ1) is 13.0. The first-order valence-electron chi connectivity index (χ1n) is 6.39. The van der Waals surface area contributed by atoms with E-state index in [2.05, 4.69) is 9.98 Å². The lowest BCUT2D eigenvalue weighted by Crippen LogP contribution is -2.16. The van der Waals surface area contributed by atoms with Crippen molar-refractivity contribution in [2.75, 3.05) is 0 Å². The molecule has 0 unspecified atom stereocenters. The molecule has 3 nitrogen and oxygen atoms in total. The van der Waals surface area contributed by atoms with E-state index in [-0.39, 0.29) is 5.78 Å². The predicted octanol–water partition coefficient (Wildman–Crippen LogP) is 4.06. The van der Waals surface area contributed by atoms with Crippen LogP contribution in [-0.2, 0) is 0 Å². The fourth-order valence-corrected chi connectivity index (χ4v) is 2.68. The molecule has 0 N–H and O–H groups in total. The number of nitrogens with zero attached hydrogens (tertiary/aromatic N) is 2. The van der Waals surface area contributed by atoms with E-state index in [4.69, 9.17) is 11.6 Å². The van der Waals surface area contributed by atoms with Gasteiger partial charge in [0, 0.05) is 10.7 Å². The molecule has 0 amide bonds. The third kappa shape index (κ3) is 2.25. The van der Waals surface area contributed by atoms with E-state index in [9.17, 15) is 4.79 Å². The molecule has 20 heavy (non-hydrogen) atoms. The smallest absolute Gasteiger partial charge is 0.172 e. The van der Waals surface area contributed by atoms with Gasteiger partial charge in [-0.1, -0.05) is 23.7 Å². The van der Waals surface area contributed by atoms with Crippen molar-refractivity contribution < 1.29 is 4.79 Å². The summed E-state index contributed by atoms with van der Waals surface area (Å²) in [6.07, 6.45) is 0.291. The van der Waals surface area contributed by atoms with Crippen LogP contribution in [0.5, 0.6) is 0 Å². The molecule has 0 saturated carbocycles. The molecule has 0 bridgehead atoms. The molecule has 1 aliphatic rings. The van der Waals surface area contributed by atoms with E-state index in [1.54, 1.807) is 6.07 Å². The highest BCUT2D eigenvalue weighted by Crippen LogP contribution is 2.29. The lowest BCUT2D eigenvalue weighted by molar-refractivity contribution is 0.0999. The summed E-state index contributed by atoms with van der Waals surface area (Å²) in [6.45, 7) is 3.83. The molecule has 0 saturated heterocycles. The molecule has 1 aromatic heterocycles. The average Bonchev–Trinajstić information content (AvgIpc) is 2.37. The van der Waals surface area contributed by atoms with Crippen molar-refractivity contribution in [3.63, 3.8) is 0 Å². The number of aliphatic imine (C=N–C) groups is 1. The summed E-state index contributed by atoms with van der Waals surface area (Å²) in [5.41, 5.74) is 4.04. The number of hydrogen-bond acceptors (Lipinski definition) is 3. The third-order valence-electron chi connectivity index (χ3n) is 3.33. The van der Waals surface area contributed by atoms with Gasteiger partial charge in [0.25, 0.3) is 0 Å². The zero-order valence-electron chi connectivity index (χ0n) is 11.3. The Morgan fingerprint density at radius 3 is 2.75 bits per heavy atom. The second kappa shape index (κ2) is 4.84. The van der Waals surface area contributed by atoms with Gasteiger partial charge in [0.2, 0.25) is 0 Å². The number of rotatable bonds is 1. The maximum Gasteiger partial charge on any atom is 0.172 e. The van der Waals surface area contributed by atoms with Gasteiger partial charge in [-0.05, 0) is 43.2 Å². The quantitative estimate of drug-likeness (QED) is 0.792. The Morgan fingerprint density at radius 2 is 2.00 bits per heavy atom. The highest BCUT2D eigenvalue weighted by atomic mass is 35.5. The molecule has 0 fully saturated rings. The fourth-order valence-electron chi connectivity index (χ4n) is 2.49. The number of benzene rings is 1. The molecule has 0 aliphatic carbocycles. The fraction of sp³-hybridized carbons (Fsp3) is 0.188. The summed E-state index contributed by atoms with van der Waals surface area (Å²) in [4.78, 5) is 21.3. The molecule has 0 radical (unpaired) electrons. The minimum absolute atomic E-state index is 0.0648. The molecule has 1 aliphatic heterocycles. The van der Waals surface area contributed by atoms with E-state index in [0.717, 1.165) is 22.5 Å². The van der Waals surface area contributed by atoms with Gasteiger partial charge in [-0.3, -0.25) is 4.79 Å². The van der Waals surface area contributed by atoms with Crippen molar-refractivity contribution in [1.82, 2.24) is 4.98 Å². The molecule has 0 atom stereocenters. The average molecular weight is 285 g/mol. The molecule has 1 aromatic carbocycles. The standard InChI is InChI=1S/C16H13ClN2O/c1-9-6-10(2)18-16-15(9)14(20)8-13(19-16)11-4-3-5-12(17)7-11/h3-7H,8H2,1-2H3. The van der Waals surface area contributed by atoms with Crippen LogP contribution in [0.25, 0.3) is 0 Å². The van der Waals surface area contributed by atoms with Crippen molar-refractivity contribution in [2.24, 2.45) is 4.99 Å². The zero-order valence-corrected chi connectivity index (χ0v) is 12.0. The van der Waals surface area contributed by atoms with Crippen LogP contribution in [-0.4, -0.2) is 16.5 Å². The van der Waals surface area contributed by atoms with Crippen LogP contribution >= 0.6 is 11.6 Å². The minimum Gasteiger partial charge on any atom is -0.294 e. The first-order valence-corrected chi connectivity index (χ1v) is 6.77. The van der Waals surface area contributed by atoms with Crippen LogP contribution in [0.15, 0.2) is 35.3 Å². The number of ketones is 1. The number of aromatic nitrogens is 1. The maximum absolute atomic E-state index is 12.3. The van der Waals surface area contributed by atoms with E-state index in [1.807, 2.05) is 38.1 Å². The molecule has 0 spiro atoms. The predicted molar refractivity (Wildman–Crippen MR) is 80.3 cm³/mol. The third-order valence-corrected chi connectivity index (χ3v) is 3.57. The van der Waals surface area contributed by atoms with Crippen molar-refractivity contribution in [2.45, 2.75) is 20.3 Å². The summed E-state index contributed by atoms with van der Waals surface area (Å²) in [5.74, 6) is 0.587. The summed E-state index contributed by atoms with van der Waals surface area (Å²) < 4.78 is 0.